The van der Waals surface area contributed by atoms with Gasteiger partial charge in [-0.25, -0.2) is 0 Å². The molecular formula is C27H54. The van der Waals surface area contributed by atoms with E-state index >= 15 is 0 Å². The summed E-state index contributed by atoms with van der Waals surface area (Å²) in [6, 6.07) is 0. The number of hydrogen-bond donors (Lipinski definition) is 0. The van der Waals surface area contributed by atoms with E-state index in [-0.39, 0.29) is 0 Å². The van der Waals surface area contributed by atoms with Crippen molar-refractivity contribution in [2.24, 2.45) is 5.92 Å². The predicted octanol–water partition coefficient (Wildman–Crippen LogP) is 10.3. The Morgan fingerprint density at radius 1 is 0.370 bits per heavy atom. The minimum absolute atomic E-state index is 0.959. The third-order valence-electron chi connectivity index (χ3n) is 6.14. The summed E-state index contributed by atoms with van der Waals surface area (Å²) in [5.74, 6) is 0.959. The average Bonchev–Trinajstić information content (AvgIpc) is 2.67. The van der Waals surface area contributed by atoms with Crippen molar-refractivity contribution >= 4 is 0 Å². The van der Waals surface area contributed by atoms with Crippen molar-refractivity contribution in [1.29, 1.82) is 0 Å². The fraction of sp³-hybridized carbons (Fsp3) is 0.926. The number of unbranched alkanes of at least 4 members (excludes halogenated alkanes) is 19. The molecule has 0 bridgehead atoms. The molecule has 0 aliphatic heterocycles. The Kier molecular flexibility index (Phi) is 24.0. The van der Waals surface area contributed by atoms with Gasteiger partial charge >= 0.3 is 0 Å². The van der Waals surface area contributed by atoms with Crippen LogP contribution in [0.2, 0.25) is 0 Å². The van der Waals surface area contributed by atoms with Crippen LogP contribution in [0.25, 0.3) is 0 Å². The lowest BCUT2D eigenvalue weighted by Gasteiger charge is -2.11. The molecule has 162 valence electrons. The highest BCUT2D eigenvalue weighted by Crippen LogP contribution is 2.19. The zero-order chi connectivity index (χ0) is 19.8. The lowest BCUT2D eigenvalue weighted by atomic mass is 9.95. The summed E-state index contributed by atoms with van der Waals surface area (Å²) in [6.07, 6.45) is 32.6. The van der Waals surface area contributed by atoms with Gasteiger partial charge in [0.25, 0.3) is 0 Å². The molecular weight excluding hydrogens is 324 g/mol. The molecule has 0 amide bonds. The second-order valence-electron chi connectivity index (χ2n) is 9.11. The minimum Gasteiger partial charge on any atom is -0.0625 e. The Balaban J connectivity index is 3.12. The molecule has 0 saturated heterocycles. The van der Waals surface area contributed by atoms with E-state index in [1.165, 1.54) is 135 Å². The van der Waals surface area contributed by atoms with Crippen molar-refractivity contribution in [1.82, 2.24) is 0 Å². The van der Waals surface area contributed by atoms with Crippen LogP contribution in [-0.4, -0.2) is 0 Å². The zero-order valence-electron chi connectivity index (χ0n) is 19.3. The van der Waals surface area contributed by atoms with E-state index in [1.807, 2.05) is 0 Å². The number of hydrogen-bond acceptors (Lipinski definition) is 0. The van der Waals surface area contributed by atoms with Crippen LogP contribution >= 0.6 is 0 Å². The molecule has 0 spiro atoms. The second-order valence-corrected chi connectivity index (χ2v) is 9.11. The van der Waals surface area contributed by atoms with Gasteiger partial charge in [-0.2, -0.15) is 0 Å². The Labute approximate surface area is 174 Å². The van der Waals surface area contributed by atoms with Crippen LogP contribution in [0.3, 0.4) is 0 Å². The van der Waals surface area contributed by atoms with E-state index in [2.05, 4.69) is 20.8 Å². The largest absolute Gasteiger partial charge is 0.0625 e. The summed E-state index contributed by atoms with van der Waals surface area (Å²) >= 11 is 0. The number of rotatable bonds is 23. The Hall–Kier alpha value is 0. The fourth-order valence-corrected chi connectivity index (χ4v) is 4.14. The van der Waals surface area contributed by atoms with Crippen LogP contribution in [-0.2, 0) is 0 Å². The maximum atomic E-state index is 3.92. The predicted molar refractivity (Wildman–Crippen MR) is 126 cm³/mol. The average molecular weight is 379 g/mol. The molecule has 0 rings (SSSR count). The zero-order valence-corrected chi connectivity index (χ0v) is 19.3. The topological polar surface area (TPSA) is 0 Å². The van der Waals surface area contributed by atoms with Crippen LogP contribution in [0.1, 0.15) is 155 Å². The smallest absolute Gasteiger partial charge is 0.0443 e. The molecule has 1 atom stereocenters. The Morgan fingerprint density at radius 2 is 0.593 bits per heavy atom. The molecule has 2 radical (unpaired) electrons. The first kappa shape index (κ1) is 27.0. The van der Waals surface area contributed by atoms with Gasteiger partial charge in [0.1, 0.15) is 0 Å². The van der Waals surface area contributed by atoms with Crippen LogP contribution < -0.4 is 0 Å². The molecule has 0 N–H and O–H groups in total. The second kappa shape index (κ2) is 24.0. The van der Waals surface area contributed by atoms with Crippen LogP contribution in [0.15, 0.2) is 0 Å². The van der Waals surface area contributed by atoms with Crippen molar-refractivity contribution in [3.63, 3.8) is 0 Å². The minimum atomic E-state index is 0.959. The summed E-state index contributed by atoms with van der Waals surface area (Å²) < 4.78 is 0. The molecule has 0 heteroatoms. The van der Waals surface area contributed by atoms with Crippen molar-refractivity contribution in [2.45, 2.75) is 155 Å². The van der Waals surface area contributed by atoms with E-state index in [4.69, 9.17) is 0 Å². The first-order valence-corrected chi connectivity index (χ1v) is 12.9. The van der Waals surface area contributed by atoms with E-state index < -0.39 is 0 Å². The summed E-state index contributed by atoms with van der Waals surface area (Å²) in [5.41, 5.74) is 0. The molecule has 0 saturated carbocycles. The molecule has 0 heterocycles. The lowest BCUT2D eigenvalue weighted by Crippen LogP contribution is -1.95. The van der Waals surface area contributed by atoms with Gasteiger partial charge in [0, 0.05) is 0 Å². The molecule has 27 heavy (non-hydrogen) atoms. The third-order valence-corrected chi connectivity index (χ3v) is 6.14. The van der Waals surface area contributed by atoms with Gasteiger partial charge < -0.3 is 0 Å². The summed E-state index contributed by atoms with van der Waals surface area (Å²) in [4.78, 5) is 0. The van der Waals surface area contributed by atoms with Gasteiger partial charge in [0.05, 0.1) is 0 Å². The maximum absolute atomic E-state index is 3.92. The van der Waals surface area contributed by atoms with E-state index in [9.17, 15) is 0 Å². The molecule has 1 unspecified atom stereocenters. The molecule has 0 aromatic heterocycles. The highest BCUT2D eigenvalue weighted by molar-refractivity contribution is 4.56. The molecule has 0 aliphatic rings. The van der Waals surface area contributed by atoms with Gasteiger partial charge in [-0.05, 0) is 5.92 Å². The quantitative estimate of drug-likeness (QED) is 0.155. The van der Waals surface area contributed by atoms with E-state index in [0.717, 1.165) is 18.8 Å². The fourth-order valence-electron chi connectivity index (χ4n) is 4.14. The summed E-state index contributed by atoms with van der Waals surface area (Å²) in [5, 5.41) is 0. The third kappa shape index (κ3) is 24.0. The highest BCUT2D eigenvalue weighted by Gasteiger charge is 2.02. The van der Waals surface area contributed by atoms with Crippen molar-refractivity contribution < 1.29 is 0 Å². The molecule has 0 fully saturated rings. The first-order valence-electron chi connectivity index (χ1n) is 12.9. The molecule has 0 aliphatic carbocycles. The van der Waals surface area contributed by atoms with Gasteiger partial charge in [-0.3, -0.25) is 0 Å². The normalized spacial score (nSPS) is 12.6. The Morgan fingerprint density at radius 3 is 0.852 bits per heavy atom. The first-order chi connectivity index (χ1) is 13.3. The standard InChI is InChI=1S/C27H54/c1-4-6-8-10-12-14-15-16-18-20-22-24-26-27(3)25-23-21-19-17-13-11-9-7-5-2/h27H,1-2,4-26H2,3H3. The van der Waals surface area contributed by atoms with Crippen LogP contribution in [0.4, 0.5) is 0 Å². The molecule has 0 nitrogen and oxygen atoms in total. The SMILES string of the molecule is [CH2]CCCCCCCCCCCCCC(C)CCCCCCCCCC[CH2]. The van der Waals surface area contributed by atoms with Crippen molar-refractivity contribution in [3.8, 4) is 0 Å². The maximum Gasteiger partial charge on any atom is -0.0443 e. The van der Waals surface area contributed by atoms with Gasteiger partial charge in [0.2, 0.25) is 0 Å². The van der Waals surface area contributed by atoms with Gasteiger partial charge in [-0.1, -0.05) is 168 Å². The van der Waals surface area contributed by atoms with E-state index in [1.54, 1.807) is 0 Å². The molecule has 0 aromatic rings. The van der Waals surface area contributed by atoms with Gasteiger partial charge in [0.15, 0.2) is 0 Å². The van der Waals surface area contributed by atoms with Crippen molar-refractivity contribution in [3.05, 3.63) is 13.8 Å². The molecule has 0 aromatic carbocycles. The van der Waals surface area contributed by atoms with Gasteiger partial charge in [-0.15, -0.1) is 0 Å². The lowest BCUT2D eigenvalue weighted by molar-refractivity contribution is 0.430. The highest BCUT2D eigenvalue weighted by atomic mass is 14.1. The van der Waals surface area contributed by atoms with Crippen LogP contribution in [0, 0.1) is 19.8 Å². The monoisotopic (exact) mass is 378 g/mol. The van der Waals surface area contributed by atoms with E-state index in [0.29, 0.717) is 0 Å². The summed E-state index contributed by atoms with van der Waals surface area (Å²) in [7, 11) is 0. The summed E-state index contributed by atoms with van der Waals surface area (Å²) in [6.45, 7) is 10.3. The van der Waals surface area contributed by atoms with Crippen molar-refractivity contribution in [2.75, 3.05) is 0 Å². The Bertz CT molecular complexity index is 244. The van der Waals surface area contributed by atoms with Crippen LogP contribution in [0.5, 0.6) is 0 Å².